The highest BCUT2D eigenvalue weighted by atomic mass is 19.1. The van der Waals surface area contributed by atoms with Gasteiger partial charge in [-0.1, -0.05) is 37.3 Å². The second-order valence-corrected chi connectivity index (χ2v) is 5.52. The van der Waals surface area contributed by atoms with Gasteiger partial charge in [-0.3, -0.25) is 4.90 Å². The van der Waals surface area contributed by atoms with Crippen LogP contribution in [0.25, 0.3) is 0 Å². The van der Waals surface area contributed by atoms with Gasteiger partial charge in [-0.2, -0.15) is 0 Å². The zero-order chi connectivity index (χ0) is 15.9. The Labute approximate surface area is 132 Å². The van der Waals surface area contributed by atoms with E-state index in [0.717, 1.165) is 30.7 Å². The van der Waals surface area contributed by atoms with E-state index in [1.165, 1.54) is 17.7 Å². The third-order valence-electron chi connectivity index (χ3n) is 4.10. The summed E-state index contributed by atoms with van der Waals surface area (Å²) in [5.74, 6) is 0.751. The lowest BCUT2D eigenvalue weighted by atomic mass is 10.0. The predicted molar refractivity (Wildman–Crippen MR) is 88.8 cm³/mol. The van der Waals surface area contributed by atoms with Crippen molar-refractivity contribution in [3.63, 3.8) is 0 Å². The lowest BCUT2D eigenvalue weighted by Crippen LogP contribution is -2.26. The van der Waals surface area contributed by atoms with Gasteiger partial charge in [-0.15, -0.1) is 0 Å². The molecule has 0 fully saturated rings. The quantitative estimate of drug-likeness (QED) is 0.748. The third kappa shape index (κ3) is 4.08. The molecule has 0 bridgehead atoms. The molecule has 0 saturated heterocycles. The summed E-state index contributed by atoms with van der Waals surface area (Å²) in [6.07, 6.45) is 1.92. The number of likely N-dealkylation sites (N-methyl/N-ethyl adjacent to an activating group) is 1. The molecule has 1 atom stereocenters. The molecule has 0 heterocycles. The van der Waals surface area contributed by atoms with Crippen LogP contribution in [0.1, 0.15) is 30.5 Å². The van der Waals surface area contributed by atoms with Gasteiger partial charge < -0.3 is 4.74 Å². The summed E-state index contributed by atoms with van der Waals surface area (Å²) >= 11 is 0. The minimum absolute atomic E-state index is 0.185. The standard InChI is InChI=1S/C19H24FNO/c1-4-18(15-9-11-17(20)12-10-15)21(2)14-13-16-7-5-6-8-19(16)22-3/h5-12,18H,4,13-14H2,1-3H3. The molecule has 118 valence electrons. The van der Waals surface area contributed by atoms with Crippen LogP contribution in [0.3, 0.4) is 0 Å². The number of methoxy groups -OCH3 is 1. The summed E-state index contributed by atoms with van der Waals surface area (Å²) in [5.41, 5.74) is 2.37. The molecule has 0 saturated carbocycles. The number of hydrogen-bond donors (Lipinski definition) is 0. The number of halogens is 1. The van der Waals surface area contributed by atoms with E-state index in [0.29, 0.717) is 6.04 Å². The topological polar surface area (TPSA) is 12.5 Å². The van der Waals surface area contributed by atoms with E-state index in [9.17, 15) is 4.39 Å². The van der Waals surface area contributed by atoms with Gasteiger partial charge in [0.25, 0.3) is 0 Å². The Kier molecular flexibility index (Phi) is 5.96. The maximum absolute atomic E-state index is 13.1. The molecule has 22 heavy (non-hydrogen) atoms. The largest absolute Gasteiger partial charge is 0.496 e. The highest BCUT2D eigenvalue weighted by molar-refractivity contribution is 5.33. The summed E-state index contributed by atoms with van der Waals surface area (Å²) in [7, 11) is 3.82. The van der Waals surface area contributed by atoms with E-state index in [2.05, 4.69) is 24.9 Å². The van der Waals surface area contributed by atoms with E-state index in [1.807, 2.05) is 30.3 Å². The van der Waals surface area contributed by atoms with E-state index >= 15 is 0 Å². The van der Waals surface area contributed by atoms with Crippen LogP contribution in [-0.4, -0.2) is 25.6 Å². The average Bonchev–Trinajstić information content (AvgIpc) is 2.55. The highest BCUT2D eigenvalue weighted by Gasteiger charge is 2.15. The maximum Gasteiger partial charge on any atom is 0.123 e. The van der Waals surface area contributed by atoms with Crippen molar-refractivity contribution in [1.29, 1.82) is 0 Å². The molecule has 0 radical (unpaired) electrons. The van der Waals surface area contributed by atoms with Gasteiger partial charge in [0.15, 0.2) is 0 Å². The molecule has 0 aliphatic rings. The molecule has 0 aromatic heterocycles. The molecule has 3 heteroatoms. The second-order valence-electron chi connectivity index (χ2n) is 5.52. The molecule has 2 aromatic carbocycles. The first kappa shape index (κ1) is 16.5. The Morgan fingerprint density at radius 1 is 1.09 bits per heavy atom. The van der Waals surface area contributed by atoms with E-state index in [-0.39, 0.29) is 5.82 Å². The van der Waals surface area contributed by atoms with Crippen LogP contribution >= 0.6 is 0 Å². The van der Waals surface area contributed by atoms with E-state index in [4.69, 9.17) is 4.74 Å². The van der Waals surface area contributed by atoms with Crippen molar-refractivity contribution < 1.29 is 9.13 Å². The van der Waals surface area contributed by atoms with Crippen LogP contribution in [0.15, 0.2) is 48.5 Å². The Hall–Kier alpha value is -1.87. The van der Waals surface area contributed by atoms with Gasteiger partial charge in [0.2, 0.25) is 0 Å². The zero-order valence-corrected chi connectivity index (χ0v) is 13.6. The summed E-state index contributed by atoms with van der Waals surface area (Å²) < 4.78 is 18.5. The minimum atomic E-state index is -0.185. The monoisotopic (exact) mass is 301 g/mol. The summed E-state index contributed by atoms with van der Waals surface area (Å²) in [4.78, 5) is 2.32. The Morgan fingerprint density at radius 3 is 2.41 bits per heavy atom. The van der Waals surface area contributed by atoms with Crippen molar-refractivity contribution >= 4 is 0 Å². The van der Waals surface area contributed by atoms with E-state index in [1.54, 1.807) is 7.11 Å². The molecule has 0 aliphatic carbocycles. The van der Waals surface area contributed by atoms with Crippen LogP contribution in [0.2, 0.25) is 0 Å². The van der Waals surface area contributed by atoms with Crippen LogP contribution in [0.5, 0.6) is 5.75 Å². The van der Waals surface area contributed by atoms with Crippen molar-refractivity contribution in [2.24, 2.45) is 0 Å². The van der Waals surface area contributed by atoms with Crippen molar-refractivity contribution in [3.05, 3.63) is 65.5 Å². The first-order valence-electron chi connectivity index (χ1n) is 7.73. The van der Waals surface area contributed by atoms with Crippen LogP contribution in [-0.2, 0) is 6.42 Å². The second kappa shape index (κ2) is 7.95. The molecule has 2 rings (SSSR count). The molecule has 0 amide bonds. The van der Waals surface area contributed by atoms with Crippen molar-refractivity contribution in [3.8, 4) is 5.75 Å². The molecule has 0 aliphatic heterocycles. The molecular weight excluding hydrogens is 277 g/mol. The number of benzene rings is 2. The number of rotatable bonds is 7. The van der Waals surface area contributed by atoms with Crippen molar-refractivity contribution in [1.82, 2.24) is 4.90 Å². The lowest BCUT2D eigenvalue weighted by Gasteiger charge is -2.28. The summed E-state index contributed by atoms with van der Waals surface area (Å²) in [6.45, 7) is 3.09. The number of para-hydroxylation sites is 1. The SMILES string of the molecule is CCC(c1ccc(F)cc1)N(C)CCc1ccccc1OC. The molecule has 0 N–H and O–H groups in total. The van der Waals surface area contributed by atoms with Crippen molar-refractivity contribution in [2.45, 2.75) is 25.8 Å². The number of hydrogen-bond acceptors (Lipinski definition) is 2. The Balaban J connectivity index is 2.03. The Morgan fingerprint density at radius 2 is 1.77 bits per heavy atom. The van der Waals surface area contributed by atoms with Gasteiger partial charge in [0, 0.05) is 12.6 Å². The minimum Gasteiger partial charge on any atom is -0.496 e. The fourth-order valence-electron chi connectivity index (χ4n) is 2.85. The van der Waals surface area contributed by atoms with Gasteiger partial charge >= 0.3 is 0 Å². The smallest absolute Gasteiger partial charge is 0.123 e. The van der Waals surface area contributed by atoms with Crippen molar-refractivity contribution in [2.75, 3.05) is 20.7 Å². The van der Waals surface area contributed by atoms with Gasteiger partial charge in [-0.25, -0.2) is 4.39 Å². The van der Waals surface area contributed by atoms with Gasteiger partial charge in [0.05, 0.1) is 7.11 Å². The number of nitrogens with zero attached hydrogens (tertiary/aromatic N) is 1. The fraction of sp³-hybridized carbons (Fsp3) is 0.368. The molecular formula is C19H24FNO. The molecule has 0 spiro atoms. The number of ether oxygens (including phenoxy) is 1. The van der Waals surface area contributed by atoms with E-state index < -0.39 is 0 Å². The normalized spacial score (nSPS) is 12.4. The first-order chi connectivity index (χ1) is 10.7. The highest BCUT2D eigenvalue weighted by Crippen LogP contribution is 2.24. The van der Waals surface area contributed by atoms with Crippen LogP contribution < -0.4 is 4.74 Å². The fourth-order valence-corrected chi connectivity index (χ4v) is 2.85. The molecule has 2 aromatic rings. The third-order valence-corrected chi connectivity index (χ3v) is 4.10. The van der Waals surface area contributed by atoms with Crippen LogP contribution in [0.4, 0.5) is 4.39 Å². The van der Waals surface area contributed by atoms with Gasteiger partial charge in [-0.05, 0) is 49.2 Å². The average molecular weight is 301 g/mol. The maximum atomic E-state index is 13.1. The molecule has 2 nitrogen and oxygen atoms in total. The molecule has 1 unspecified atom stereocenters. The first-order valence-corrected chi connectivity index (χ1v) is 7.73. The summed E-state index contributed by atoms with van der Waals surface area (Å²) in [5, 5.41) is 0. The Bertz CT molecular complexity index is 582. The summed E-state index contributed by atoms with van der Waals surface area (Å²) in [6, 6.07) is 15.2. The predicted octanol–water partition coefficient (Wildman–Crippen LogP) is 4.46. The zero-order valence-electron chi connectivity index (χ0n) is 13.6. The van der Waals surface area contributed by atoms with Crippen LogP contribution in [0, 0.1) is 5.82 Å². The van der Waals surface area contributed by atoms with Gasteiger partial charge in [0.1, 0.15) is 11.6 Å². The lowest BCUT2D eigenvalue weighted by molar-refractivity contribution is 0.240.